The molecule has 10 heteroatoms. The molecule has 9 nitrogen and oxygen atoms in total. The maximum absolute atomic E-state index is 11.3. The number of anilines is 2. The highest BCUT2D eigenvalue weighted by molar-refractivity contribution is 7.80. The van der Waals surface area contributed by atoms with Crippen LogP contribution in [0, 0.1) is 10.1 Å². The van der Waals surface area contributed by atoms with Crippen molar-refractivity contribution in [2.75, 3.05) is 10.6 Å². The van der Waals surface area contributed by atoms with E-state index < -0.39 is 10.8 Å². The number of aryl methyl sites for hydroxylation is 1. The van der Waals surface area contributed by atoms with Gasteiger partial charge < -0.3 is 16.4 Å². The van der Waals surface area contributed by atoms with Crippen molar-refractivity contribution in [1.82, 2.24) is 9.78 Å². The summed E-state index contributed by atoms with van der Waals surface area (Å²) in [6.07, 6.45) is 1.54. The van der Waals surface area contributed by atoms with Crippen LogP contribution in [0.4, 0.5) is 17.1 Å². The molecule has 0 fully saturated rings. The number of nitro benzene ring substituents is 1. The van der Waals surface area contributed by atoms with Crippen molar-refractivity contribution in [2.45, 2.75) is 0 Å². The number of hydrogen-bond donors (Lipinski definition) is 3. The van der Waals surface area contributed by atoms with Crippen LogP contribution in [0.3, 0.4) is 0 Å². The number of benzene rings is 1. The minimum absolute atomic E-state index is 0.0469. The van der Waals surface area contributed by atoms with Crippen molar-refractivity contribution in [3.63, 3.8) is 0 Å². The van der Waals surface area contributed by atoms with Crippen LogP contribution in [-0.2, 0) is 7.05 Å². The highest BCUT2D eigenvalue weighted by Gasteiger charge is 2.14. The molecule has 0 saturated heterocycles. The van der Waals surface area contributed by atoms with E-state index in [0.29, 0.717) is 11.4 Å². The van der Waals surface area contributed by atoms with Crippen molar-refractivity contribution in [3.8, 4) is 0 Å². The molecule has 0 spiro atoms. The summed E-state index contributed by atoms with van der Waals surface area (Å²) in [4.78, 5) is 21.5. The molecule has 4 N–H and O–H groups in total. The molecule has 0 aliphatic carbocycles. The number of hydrogen-bond acceptors (Lipinski definition) is 5. The Morgan fingerprint density at radius 1 is 1.45 bits per heavy atom. The Balaban J connectivity index is 2.12. The average molecular weight is 320 g/mol. The lowest BCUT2D eigenvalue weighted by Gasteiger charge is -2.09. The van der Waals surface area contributed by atoms with Crippen LogP contribution >= 0.6 is 12.2 Å². The van der Waals surface area contributed by atoms with E-state index in [9.17, 15) is 14.9 Å². The van der Waals surface area contributed by atoms with Crippen molar-refractivity contribution in [1.29, 1.82) is 0 Å². The highest BCUT2D eigenvalue weighted by atomic mass is 32.1. The number of nitrogens with zero attached hydrogens (tertiary/aromatic N) is 3. The summed E-state index contributed by atoms with van der Waals surface area (Å²) in [5, 5.41) is 20.3. The minimum atomic E-state index is -0.693. The largest absolute Gasteiger partial charge is 0.364 e. The summed E-state index contributed by atoms with van der Waals surface area (Å²) in [7, 11) is 1.63. The van der Waals surface area contributed by atoms with Crippen molar-refractivity contribution >= 4 is 40.3 Å². The number of primary amides is 1. The van der Waals surface area contributed by atoms with E-state index in [2.05, 4.69) is 15.7 Å². The third kappa shape index (κ3) is 3.55. The van der Waals surface area contributed by atoms with Crippen LogP contribution in [0.1, 0.15) is 10.5 Å². The van der Waals surface area contributed by atoms with Gasteiger partial charge in [-0.25, -0.2) is 0 Å². The van der Waals surface area contributed by atoms with Crippen LogP contribution in [0.25, 0.3) is 0 Å². The zero-order chi connectivity index (χ0) is 16.3. The number of non-ortho nitro benzene ring substituents is 1. The third-order valence-corrected chi connectivity index (χ3v) is 2.83. The molecule has 114 valence electrons. The molecule has 22 heavy (non-hydrogen) atoms. The van der Waals surface area contributed by atoms with Crippen molar-refractivity contribution < 1.29 is 9.72 Å². The maximum Gasteiger partial charge on any atom is 0.271 e. The van der Waals surface area contributed by atoms with Gasteiger partial charge in [0.2, 0.25) is 0 Å². The van der Waals surface area contributed by atoms with Gasteiger partial charge in [-0.1, -0.05) is 6.07 Å². The molecule has 0 atom stereocenters. The lowest BCUT2D eigenvalue weighted by Crippen LogP contribution is -2.21. The Morgan fingerprint density at radius 2 is 2.18 bits per heavy atom. The molecule has 1 heterocycles. The average Bonchev–Trinajstić information content (AvgIpc) is 2.79. The predicted octanol–water partition coefficient (Wildman–Crippen LogP) is 1.24. The highest BCUT2D eigenvalue weighted by Crippen LogP contribution is 2.18. The Morgan fingerprint density at radius 3 is 2.82 bits per heavy atom. The first kappa shape index (κ1) is 15.4. The molecule has 2 rings (SSSR count). The lowest BCUT2D eigenvalue weighted by atomic mass is 10.3. The smallest absolute Gasteiger partial charge is 0.271 e. The van der Waals surface area contributed by atoms with Gasteiger partial charge >= 0.3 is 0 Å². The molecule has 0 unspecified atom stereocenters. The summed E-state index contributed by atoms with van der Waals surface area (Å²) in [6.45, 7) is 0. The second-order valence-corrected chi connectivity index (χ2v) is 4.72. The van der Waals surface area contributed by atoms with Gasteiger partial charge in [-0.3, -0.25) is 19.6 Å². The van der Waals surface area contributed by atoms with Crippen LogP contribution in [0.15, 0.2) is 30.5 Å². The molecule has 1 aromatic carbocycles. The van der Waals surface area contributed by atoms with Gasteiger partial charge in [0.25, 0.3) is 11.6 Å². The molecule has 0 aliphatic heterocycles. The quantitative estimate of drug-likeness (QED) is 0.439. The molecule has 1 amide bonds. The Labute approximate surface area is 130 Å². The Bertz CT molecular complexity index is 757. The van der Waals surface area contributed by atoms with E-state index in [4.69, 9.17) is 18.0 Å². The molecular formula is C12H12N6O3S. The Kier molecular flexibility index (Phi) is 4.32. The van der Waals surface area contributed by atoms with E-state index in [1.807, 2.05) is 0 Å². The molecule has 1 aromatic heterocycles. The first-order valence-electron chi connectivity index (χ1n) is 6.02. The second-order valence-electron chi connectivity index (χ2n) is 4.32. The van der Waals surface area contributed by atoms with E-state index in [1.54, 1.807) is 19.3 Å². The molecular weight excluding hydrogens is 308 g/mol. The lowest BCUT2D eigenvalue weighted by molar-refractivity contribution is -0.384. The van der Waals surface area contributed by atoms with Crippen molar-refractivity contribution in [2.24, 2.45) is 12.8 Å². The van der Waals surface area contributed by atoms with Gasteiger partial charge in [0.1, 0.15) is 0 Å². The number of aromatic nitrogens is 2. The second kappa shape index (κ2) is 6.18. The molecule has 0 radical (unpaired) electrons. The number of rotatable bonds is 4. The fourth-order valence-corrected chi connectivity index (χ4v) is 1.97. The van der Waals surface area contributed by atoms with E-state index >= 15 is 0 Å². The monoisotopic (exact) mass is 320 g/mol. The number of amides is 1. The number of nitrogens with one attached hydrogen (secondary N) is 2. The van der Waals surface area contributed by atoms with Crippen LogP contribution in [0.5, 0.6) is 0 Å². The van der Waals surface area contributed by atoms with Gasteiger partial charge in [0.15, 0.2) is 10.8 Å². The van der Waals surface area contributed by atoms with E-state index in [1.165, 1.54) is 22.9 Å². The standard InChI is InChI=1S/C12H12N6O3S/c1-17-6-9(10(16-17)11(13)19)15-12(22)14-7-3-2-4-8(5-7)18(20)21/h2-6H,1H3,(H2,13,19)(H2,14,15,22). The topological polar surface area (TPSA) is 128 Å². The summed E-state index contributed by atoms with van der Waals surface area (Å²) in [5.41, 5.74) is 5.99. The van der Waals surface area contributed by atoms with Gasteiger partial charge in [-0.05, 0) is 18.3 Å². The first-order chi connectivity index (χ1) is 10.4. The first-order valence-corrected chi connectivity index (χ1v) is 6.43. The maximum atomic E-state index is 11.3. The number of nitrogens with two attached hydrogens (primary N) is 1. The molecule has 0 saturated carbocycles. The van der Waals surface area contributed by atoms with Gasteiger partial charge in [0.05, 0.1) is 10.6 Å². The number of carbonyl (C=O) groups is 1. The van der Waals surface area contributed by atoms with E-state index in [0.717, 1.165) is 0 Å². The van der Waals surface area contributed by atoms with Crippen molar-refractivity contribution in [3.05, 3.63) is 46.3 Å². The zero-order valence-electron chi connectivity index (χ0n) is 11.4. The van der Waals surface area contributed by atoms with Gasteiger partial charge in [-0.15, -0.1) is 0 Å². The molecule has 0 bridgehead atoms. The fraction of sp³-hybridized carbons (Fsp3) is 0.0833. The fourth-order valence-electron chi connectivity index (χ4n) is 1.74. The molecule has 0 aliphatic rings. The SMILES string of the molecule is Cn1cc(NC(=S)Nc2cccc([N+](=O)[O-])c2)c(C(N)=O)n1. The predicted molar refractivity (Wildman–Crippen MR) is 84.7 cm³/mol. The van der Waals surface area contributed by atoms with Crippen LogP contribution in [0.2, 0.25) is 0 Å². The zero-order valence-corrected chi connectivity index (χ0v) is 12.3. The Hall–Kier alpha value is -3.01. The minimum Gasteiger partial charge on any atom is -0.364 e. The number of carbonyl (C=O) groups excluding carboxylic acids is 1. The normalized spacial score (nSPS) is 10.0. The summed E-state index contributed by atoms with van der Waals surface area (Å²) >= 11 is 5.10. The van der Waals surface area contributed by atoms with Crippen LogP contribution in [-0.4, -0.2) is 25.7 Å². The third-order valence-electron chi connectivity index (χ3n) is 2.63. The number of thiocarbonyl (C=S) groups is 1. The summed E-state index contributed by atoms with van der Waals surface area (Å²) in [6, 6.07) is 5.86. The van der Waals surface area contributed by atoms with Crippen LogP contribution < -0.4 is 16.4 Å². The summed E-state index contributed by atoms with van der Waals surface area (Å²) in [5.74, 6) is -0.693. The van der Waals surface area contributed by atoms with Gasteiger partial charge in [0, 0.05) is 31.1 Å². The summed E-state index contributed by atoms with van der Waals surface area (Å²) < 4.78 is 1.42. The number of nitro groups is 1. The van der Waals surface area contributed by atoms with E-state index in [-0.39, 0.29) is 16.5 Å². The molecule has 2 aromatic rings. The van der Waals surface area contributed by atoms with Gasteiger partial charge in [-0.2, -0.15) is 5.10 Å².